The number of hydrogen-bond acceptors (Lipinski definition) is 3. The summed E-state index contributed by atoms with van der Waals surface area (Å²) in [5, 5.41) is 0.218. The van der Waals surface area contributed by atoms with Crippen LogP contribution in [0, 0.1) is 0 Å². The van der Waals surface area contributed by atoms with Crippen molar-refractivity contribution >= 4 is 17.7 Å². The molecule has 0 bridgehead atoms. The zero-order valence-electron chi connectivity index (χ0n) is 8.41. The maximum Gasteiger partial charge on any atom is 0.257 e. The molecule has 1 rings (SSSR count). The molecule has 0 aliphatic heterocycles. The predicted octanol–water partition coefficient (Wildman–Crippen LogP) is 2.47. The molecule has 0 heterocycles. The number of halogens is 2. The van der Waals surface area contributed by atoms with Crippen molar-refractivity contribution in [3.05, 3.63) is 23.3 Å². The Morgan fingerprint density at radius 3 is 2.93 bits per heavy atom. The van der Waals surface area contributed by atoms with E-state index in [0.29, 0.717) is 0 Å². The number of carbonyl (C=O) groups excluding carboxylic acids is 1. The summed E-state index contributed by atoms with van der Waals surface area (Å²) in [4.78, 5) is 13.5. The average molecular weight is 232 g/mol. The zero-order valence-corrected chi connectivity index (χ0v) is 9.16. The minimum Gasteiger partial charge on any atom is -0.338 e. The molecule has 2 unspecified atom stereocenters. The lowest BCUT2D eigenvalue weighted by Gasteiger charge is -2.29. The molecule has 5 heteroatoms. The van der Waals surface area contributed by atoms with Crippen molar-refractivity contribution in [2.24, 2.45) is 4.99 Å². The molecule has 1 aliphatic rings. The van der Waals surface area contributed by atoms with Gasteiger partial charge in [0, 0.05) is 11.1 Å². The van der Waals surface area contributed by atoms with E-state index in [4.69, 9.17) is 16.3 Å². The number of rotatable bonds is 3. The molecule has 0 fully saturated rings. The second-order valence-corrected chi connectivity index (χ2v) is 3.85. The summed E-state index contributed by atoms with van der Waals surface area (Å²) in [6.07, 6.45) is 4.91. The Morgan fingerprint density at radius 1 is 1.73 bits per heavy atom. The van der Waals surface area contributed by atoms with Gasteiger partial charge in [0.05, 0.1) is 6.10 Å². The molecule has 0 aromatic carbocycles. The number of nitrogens with zero attached hydrogens (tertiary/aromatic N) is 1. The van der Waals surface area contributed by atoms with Crippen molar-refractivity contribution in [1.82, 2.24) is 0 Å². The first-order chi connectivity index (χ1) is 6.98. The van der Waals surface area contributed by atoms with Crippen LogP contribution in [0.2, 0.25) is 0 Å². The zero-order chi connectivity index (χ0) is 11.5. The summed E-state index contributed by atoms with van der Waals surface area (Å²) in [5.74, 6) is -2.17. The van der Waals surface area contributed by atoms with Gasteiger partial charge in [-0.2, -0.15) is 4.99 Å². The molecule has 15 heavy (non-hydrogen) atoms. The lowest BCUT2D eigenvalue weighted by molar-refractivity contribution is -0.140. The van der Waals surface area contributed by atoms with E-state index in [-0.39, 0.29) is 11.1 Å². The number of isocyanates is 1. The van der Waals surface area contributed by atoms with Gasteiger partial charge in [0.15, 0.2) is 0 Å². The van der Waals surface area contributed by atoms with Crippen molar-refractivity contribution in [2.75, 3.05) is 0 Å². The molecule has 0 spiro atoms. The molecule has 0 N–H and O–H groups in total. The van der Waals surface area contributed by atoms with E-state index in [1.807, 2.05) is 0 Å². The fraction of sp³-hybridized carbons (Fsp3) is 0.500. The number of hydrogen-bond donors (Lipinski definition) is 0. The first-order valence-electron chi connectivity index (χ1n) is 4.48. The highest BCUT2D eigenvalue weighted by Gasteiger charge is 2.40. The fourth-order valence-electron chi connectivity index (χ4n) is 1.29. The third-order valence-corrected chi connectivity index (χ3v) is 2.02. The second kappa shape index (κ2) is 4.71. The molecule has 0 aromatic rings. The molecule has 2 atom stereocenters. The Kier molecular flexibility index (Phi) is 3.80. The molecule has 3 nitrogen and oxygen atoms in total. The molecular weight excluding hydrogens is 221 g/mol. The quantitative estimate of drug-likeness (QED) is 0.553. The van der Waals surface area contributed by atoms with Gasteiger partial charge in [0.1, 0.15) is 6.04 Å². The molecule has 1 aliphatic carbocycles. The fourth-order valence-corrected chi connectivity index (χ4v) is 1.51. The number of allylic oxidation sites excluding steroid dienone is 2. The summed E-state index contributed by atoms with van der Waals surface area (Å²) in [5.41, 5.74) is 0. The van der Waals surface area contributed by atoms with Crippen LogP contribution >= 0.6 is 11.6 Å². The standard InChI is InChI=1S/C10H11ClFNO2/c1-7(2)15-10(12)5-8(11)3-4-9(10)13-6-14/h3-5,7,9H,1-2H3. The molecule has 0 radical (unpaired) electrons. The number of alkyl halides is 1. The lowest BCUT2D eigenvalue weighted by Crippen LogP contribution is -2.40. The third kappa shape index (κ3) is 2.99. The van der Waals surface area contributed by atoms with Gasteiger partial charge in [-0.15, -0.1) is 0 Å². The largest absolute Gasteiger partial charge is 0.338 e. The Morgan fingerprint density at radius 2 is 2.40 bits per heavy atom. The molecule has 0 saturated heterocycles. The smallest absolute Gasteiger partial charge is 0.257 e. The van der Waals surface area contributed by atoms with Crippen LogP contribution in [0.4, 0.5) is 4.39 Å². The van der Waals surface area contributed by atoms with Crippen LogP contribution in [-0.4, -0.2) is 24.1 Å². The van der Waals surface area contributed by atoms with E-state index in [2.05, 4.69) is 4.99 Å². The predicted molar refractivity (Wildman–Crippen MR) is 55.0 cm³/mol. The van der Waals surface area contributed by atoms with Gasteiger partial charge in [-0.1, -0.05) is 17.7 Å². The van der Waals surface area contributed by atoms with E-state index >= 15 is 0 Å². The number of aliphatic imine (C=N–C) groups is 1. The van der Waals surface area contributed by atoms with Crippen LogP contribution in [0.3, 0.4) is 0 Å². The van der Waals surface area contributed by atoms with Crippen LogP contribution in [0.5, 0.6) is 0 Å². The van der Waals surface area contributed by atoms with Crippen molar-refractivity contribution in [3.63, 3.8) is 0 Å². The summed E-state index contributed by atoms with van der Waals surface area (Å²) < 4.78 is 19.3. The first-order valence-corrected chi connectivity index (χ1v) is 4.86. The van der Waals surface area contributed by atoms with Gasteiger partial charge < -0.3 is 4.74 Å². The van der Waals surface area contributed by atoms with Crippen LogP contribution in [-0.2, 0) is 9.53 Å². The normalized spacial score (nSPS) is 29.9. The molecule has 0 saturated carbocycles. The minimum absolute atomic E-state index is 0.218. The first kappa shape index (κ1) is 12.1. The maximum absolute atomic E-state index is 14.2. The van der Waals surface area contributed by atoms with Crippen LogP contribution in [0.25, 0.3) is 0 Å². The molecule has 0 amide bonds. The summed E-state index contributed by atoms with van der Waals surface area (Å²) >= 11 is 5.66. The van der Waals surface area contributed by atoms with Gasteiger partial charge in [-0.3, -0.25) is 0 Å². The highest BCUT2D eigenvalue weighted by molar-refractivity contribution is 6.31. The highest BCUT2D eigenvalue weighted by atomic mass is 35.5. The van der Waals surface area contributed by atoms with Crippen molar-refractivity contribution in [2.45, 2.75) is 31.8 Å². The van der Waals surface area contributed by atoms with Crippen LogP contribution in [0.1, 0.15) is 13.8 Å². The van der Waals surface area contributed by atoms with Gasteiger partial charge in [-0.25, -0.2) is 9.18 Å². The van der Waals surface area contributed by atoms with Gasteiger partial charge in [0.2, 0.25) is 6.08 Å². The number of ether oxygens (including phenoxy) is 1. The van der Waals surface area contributed by atoms with E-state index < -0.39 is 11.9 Å². The Balaban J connectivity index is 2.98. The molecule has 82 valence electrons. The minimum atomic E-state index is -2.17. The summed E-state index contributed by atoms with van der Waals surface area (Å²) in [7, 11) is 0. The van der Waals surface area contributed by atoms with Gasteiger partial charge >= 0.3 is 0 Å². The Hall–Kier alpha value is -0.960. The van der Waals surface area contributed by atoms with Crippen molar-refractivity contribution < 1.29 is 13.9 Å². The van der Waals surface area contributed by atoms with E-state index in [1.165, 1.54) is 18.2 Å². The lowest BCUT2D eigenvalue weighted by atomic mass is 10.0. The Bertz CT molecular complexity index is 347. The second-order valence-electron chi connectivity index (χ2n) is 3.42. The monoisotopic (exact) mass is 231 g/mol. The third-order valence-electron chi connectivity index (χ3n) is 1.78. The SMILES string of the molecule is CC(C)OC1(F)C=C(Cl)C=CC1N=C=O. The molecule has 0 aromatic heterocycles. The average Bonchev–Trinajstić information content (AvgIpc) is 2.08. The van der Waals surface area contributed by atoms with E-state index in [1.54, 1.807) is 13.8 Å². The van der Waals surface area contributed by atoms with Gasteiger partial charge in [0.25, 0.3) is 5.85 Å². The summed E-state index contributed by atoms with van der Waals surface area (Å²) in [6, 6.07) is -1.03. The van der Waals surface area contributed by atoms with E-state index in [9.17, 15) is 9.18 Å². The topological polar surface area (TPSA) is 38.7 Å². The van der Waals surface area contributed by atoms with Crippen molar-refractivity contribution in [1.29, 1.82) is 0 Å². The Labute approximate surface area is 92.3 Å². The van der Waals surface area contributed by atoms with Gasteiger partial charge in [-0.05, 0) is 19.9 Å². The van der Waals surface area contributed by atoms with E-state index in [0.717, 1.165) is 6.08 Å². The van der Waals surface area contributed by atoms with Crippen LogP contribution in [0.15, 0.2) is 28.3 Å². The highest BCUT2D eigenvalue weighted by Crippen LogP contribution is 2.31. The maximum atomic E-state index is 14.2. The summed E-state index contributed by atoms with van der Waals surface area (Å²) in [6.45, 7) is 3.37. The molecular formula is C10H11ClFNO2. The van der Waals surface area contributed by atoms with Crippen molar-refractivity contribution in [3.8, 4) is 0 Å². The van der Waals surface area contributed by atoms with Crippen LogP contribution < -0.4 is 0 Å².